The van der Waals surface area contributed by atoms with Crippen LogP contribution in [-0.2, 0) is 19.3 Å². The van der Waals surface area contributed by atoms with Gasteiger partial charge in [-0.3, -0.25) is 0 Å². The van der Waals surface area contributed by atoms with E-state index >= 15 is 0 Å². The Kier molecular flexibility index (Phi) is 9.61. The zero-order valence-electron chi connectivity index (χ0n) is 18.1. The summed E-state index contributed by atoms with van der Waals surface area (Å²) in [6.45, 7) is 2.89. The molecule has 3 nitrogen and oxygen atoms in total. The third-order valence-corrected chi connectivity index (χ3v) is 5.44. The molecule has 0 bridgehead atoms. The molecular weight excluding hydrogens is 366 g/mol. The molecule has 0 radical (unpaired) electrons. The zero-order valence-corrected chi connectivity index (χ0v) is 18.1. The average molecular weight is 402 g/mol. The van der Waals surface area contributed by atoms with Crippen LogP contribution in [0.3, 0.4) is 0 Å². The van der Waals surface area contributed by atoms with E-state index in [-0.39, 0.29) is 0 Å². The summed E-state index contributed by atoms with van der Waals surface area (Å²) in [6, 6.07) is 33.1. The third-order valence-electron chi connectivity index (χ3n) is 5.44. The highest BCUT2D eigenvalue weighted by molar-refractivity contribution is 5.18. The van der Waals surface area contributed by atoms with Gasteiger partial charge in [-0.05, 0) is 49.5 Å². The van der Waals surface area contributed by atoms with Crippen molar-refractivity contribution in [2.45, 2.75) is 31.3 Å². The molecule has 0 fully saturated rings. The molecule has 0 aliphatic rings. The Morgan fingerprint density at radius 1 is 0.567 bits per heavy atom. The average Bonchev–Trinajstić information content (AvgIpc) is 2.79. The molecule has 0 saturated heterocycles. The molecule has 30 heavy (non-hydrogen) atoms. The monoisotopic (exact) mass is 401 g/mol. The number of likely N-dealkylation sites (N-methyl/N-ethyl adjacent to an activating group) is 1. The highest BCUT2D eigenvalue weighted by atomic mass is 15.0. The van der Waals surface area contributed by atoms with Crippen LogP contribution < -0.4 is 16.0 Å². The van der Waals surface area contributed by atoms with Gasteiger partial charge in [0.25, 0.3) is 0 Å². The van der Waals surface area contributed by atoms with Crippen molar-refractivity contribution in [2.24, 2.45) is 0 Å². The Morgan fingerprint density at radius 3 is 1.53 bits per heavy atom. The Morgan fingerprint density at radius 2 is 1.03 bits per heavy atom. The quantitative estimate of drug-likeness (QED) is 0.407. The van der Waals surface area contributed by atoms with Crippen LogP contribution in [0.2, 0.25) is 0 Å². The molecule has 0 aliphatic heterocycles. The van der Waals surface area contributed by atoms with Crippen LogP contribution in [0, 0.1) is 0 Å². The summed E-state index contributed by atoms with van der Waals surface area (Å²) in [4.78, 5) is 0. The van der Waals surface area contributed by atoms with Gasteiger partial charge in [0.05, 0.1) is 0 Å². The highest BCUT2D eigenvalue weighted by Gasteiger charge is 2.14. The highest BCUT2D eigenvalue weighted by Crippen LogP contribution is 2.06. The molecule has 3 aromatic rings. The maximum atomic E-state index is 3.81. The van der Waals surface area contributed by atoms with Crippen molar-refractivity contribution in [1.82, 2.24) is 16.0 Å². The molecule has 0 amide bonds. The van der Waals surface area contributed by atoms with Gasteiger partial charge in [0, 0.05) is 25.2 Å². The molecule has 0 spiro atoms. The van der Waals surface area contributed by atoms with E-state index in [1.165, 1.54) is 16.7 Å². The summed E-state index contributed by atoms with van der Waals surface area (Å²) in [5.41, 5.74) is 4.14. The molecule has 158 valence electrons. The molecule has 0 heterocycles. The van der Waals surface area contributed by atoms with Crippen LogP contribution in [0.5, 0.6) is 0 Å². The topological polar surface area (TPSA) is 36.1 Å². The fourth-order valence-electron chi connectivity index (χ4n) is 3.85. The Balaban J connectivity index is 1.56. The van der Waals surface area contributed by atoms with Crippen LogP contribution in [0.1, 0.15) is 16.7 Å². The van der Waals surface area contributed by atoms with Gasteiger partial charge in [-0.25, -0.2) is 0 Å². The first-order valence-electron chi connectivity index (χ1n) is 11.1. The van der Waals surface area contributed by atoms with Gasteiger partial charge in [-0.2, -0.15) is 0 Å². The zero-order chi connectivity index (χ0) is 20.9. The molecule has 0 saturated carbocycles. The number of hydrogen-bond donors (Lipinski definition) is 3. The number of rotatable bonds is 13. The van der Waals surface area contributed by atoms with E-state index in [1.807, 2.05) is 7.05 Å². The standard InChI is InChI=1S/C27H35N3/c1-28-21-26(19-24-13-7-3-8-14-24)30-22-27(20-25-15-9-4-10-16-25)29-18-17-23-11-5-2-6-12-23/h2-16,26-30H,17-22H2,1H3/t26-,27-/m0/s1. The first-order chi connectivity index (χ1) is 14.8. The van der Waals surface area contributed by atoms with Crippen molar-refractivity contribution >= 4 is 0 Å². The summed E-state index contributed by atoms with van der Waals surface area (Å²) in [5, 5.41) is 11.0. The molecule has 3 aromatic carbocycles. The van der Waals surface area contributed by atoms with Crippen molar-refractivity contribution in [3.8, 4) is 0 Å². The summed E-state index contributed by atoms with van der Waals surface area (Å²) in [6.07, 6.45) is 3.11. The number of benzene rings is 3. The molecule has 0 aromatic heterocycles. The summed E-state index contributed by atoms with van der Waals surface area (Å²) < 4.78 is 0. The predicted molar refractivity (Wildman–Crippen MR) is 128 cm³/mol. The van der Waals surface area contributed by atoms with Crippen LogP contribution in [-0.4, -0.2) is 38.8 Å². The van der Waals surface area contributed by atoms with Gasteiger partial charge in [0.2, 0.25) is 0 Å². The minimum atomic E-state index is 0.395. The SMILES string of the molecule is CNC[C@H](Cc1ccccc1)NC[C@H](Cc1ccccc1)NCCc1ccccc1. The first kappa shape index (κ1) is 22.2. The van der Waals surface area contributed by atoms with Crippen molar-refractivity contribution in [1.29, 1.82) is 0 Å². The van der Waals surface area contributed by atoms with Crippen LogP contribution in [0.4, 0.5) is 0 Å². The fourth-order valence-corrected chi connectivity index (χ4v) is 3.85. The smallest absolute Gasteiger partial charge is 0.0233 e. The number of hydrogen-bond acceptors (Lipinski definition) is 3. The second-order valence-electron chi connectivity index (χ2n) is 7.93. The minimum absolute atomic E-state index is 0.395. The van der Waals surface area contributed by atoms with Crippen LogP contribution in [0.15, 0.2) is 91.0 Å². The van der Waals surface area contributed by atoms with Gasteiger partial charge in [-0.1, -0.05) is 91.0 Å². The maximum absolute atomic E-state index is 3.81. The normalized spacial score (nSPS) is 13.1. The summed E-state index contributed by atoms with van der Waals surface area (Å²) in [7, 11) is 2.03. The molecular formula is C27H35N3. The lowest BCUT2D eigenvalue weighted by Crippen LogP contribution is -2.47. The lowest BCUT2D eigenvalue weighted by molar-refractivity contribution is 0.418. The van der Waals surface area contributed by atoms with Crippen molar-refractivity contribution in [3.63, 3.8) is 0 Å². The van der Waals surface area contributed by atoms with Crippen LogP contribution >= 0.6 is 0 Å². The summed E-state index contributed by atoms with van der Waals surface area (Å²) in [5.74, 6) is 0. The molecule has 3 rings (SSSR count). The van der Waals surface area contributed by atoms with Crippen LogP contribution in [0.25, 0.3) is 0 Å². The van der Waals surface area contributed by atoms with Gasteiger partial charge in [0.15, 0.2) is 0 Å². The lowest BCUT2D eigenvalue weighted by Gasteiger charge is -2.24. The van der Waals surface area contributed by atoms with E-state index in [4.69, 9.17) is 0 Å². The van der Waals surface area contributed by atoms with E-state index in [9.17, 15) is 0 Å². The van der Waals surface area contributed by atoms with Gasteiger partial charge >= 0.3 is 0 Å². The second kappa shape index (κ2) is 13.0. The van der Waals surface area contributed by atoms with Gasteiger partial charge < -0.3 is 16.0 Å². The predicted octanol–water partition coefficient (Wildman–Crippen LogP) is 3.85. The van der Waals surface area contributed by atoms with E-state index in [1.54, 1.807) is 0 Å². The minimum Gasteiger partial charge on any atom is -0.318 e. The van der Waals surface area contributed by atoms with E-state index in [0.29, 0.717) is 12.1 Å². The largest absolute Gasteiger partial charge is 0.318 e. The third kappa shape index (κ3) is 8.11. The Labute approximate surface area is 181 Å². The molecule has 3 N–H and O–H groups in total. The Hall–Kier alpha value is -2.46. The Bertz CT molecular complexity index is 805. The molecule has 0 aliphatic carbocycles. The van der Waals surface area contributed by atoms with Crippen molar-refractivity contribution in [2.75, 3.05) is 26.7 Å². The van der Waals surface area contributed by atoms with Crippen molar-refractivity contribution in [3.05, 3.63) is 108 Å². The number of nitrogens with one attached hydrogen (secondary N) is 3. The van der Waals surface area contributed by atoms with Crippen molar-refractivity contribution < 1.29 is 0 Å². The second-order valence-corrected chi connectivity index (χ2v) is 7.93. The fraction of sp³-hybridized carbons (Fsp3) is 0.333. The molecule has 3 heteroatoms. The maximum Gasteiger partial charge on any atom is 0.0233 e. The lowest BCUT2D eigenvalue weighted by atomic mass is 10.0. The van der Waals surface area contributed by atoms with Gasteiger partial charge in [0.1, 0.15) is 0 Å². The van der Waals surface area contributed by atoms with E-state index in [0.717, 1.165) is 38.9 Å². The van der Waals surface area contributed by atoms with E-state index in [2.05, 4.69) is 107 Å². The molecule has 2 atom stereocenters. The molecule has 0 unspecified atom stereocenters. The first-order valence-corrected chi connectivity index (χ1v) is 11.1. The summed E-state index contributed by atoms with van der Waals surface area (Å²) >= 11 is 0. The van der Waals surface area contributed by atoms with Gasteiger partial charge in [-0.15, -0.1) is 0 Å². The van der Waals surface area contributed by atoms with E-state index < -0.39 is 0 Å².